The number of benzene rings is 1. The molecular weight excluding hydrogens is 480 g/mol. The van der Waals surface area contributed by atoms with Gasteiger partial charge in [-0.05, 0) is 36.7 Å². The van der Waals surface area contributed by atoms with Gasteiger partial charge in [0.05, 0.1) is 16.7 Å². The molecule has 2 aliphatic rings. The number of piperidine rings is 1. The molecule has 1 saturated heterocycles. The predicted octanol–water partition coefficient (Wildman–Crippen LogP) is 2.17. The molecular formula is C19H23Cl2F3N2O6. The number of fused-ring (bicyclic) bond motifs is 2. The first kappa shape index (κ1) is 26.5. The largest absolute Gasteiger partial charge is 0.508 e. The fourth-order valence-electron chi connectivity index (χ4n) is 4.35. The van der Waals surface area contributed by atoms with Gasteiger partial charge in [-0.3, -0.25) is 4.79 Å². The average molecular weight is 503 g/mol. The highest BCUT2D eigenvalue weighted by molar-refractivity contribution is 6.42. The van der Waals surface area contributed by atoms with Gasteiger partial charge in [-0.15, -0.1) is 0 Å². The van der Waals surface area contributed by atoms with Crippen molar-refractivity contribution in [3.8, 4) is 5.75 Å². The van der Waals surface area contributed by atoms with Crippen LogP contribution in [0, 0.1) is 17.8 Å². The van der Waals surface area contributed by atoms with E-state index in [1.165, 1.54) is 6.07 Å². The first-order chi connectivity index (χ1) is 14.8. The summed E-state index contributed by atoms with van der Waals surface area (Å²) in [7, 11) is 0. The van der Waals surface area contributed by atoms with Crippen molar-refractivity contribution in [2.24, 2.45) is 23.5 Å². The second kappa shape index (κ2) is 10.4. The number of halogens is 5. The monoisotopic (exact) mass is 502 g/mol. The summed E-state index contributed by atoms with van der Waals surface area (Å²) in [4.78, 5) is 22.7. The van der Waals surface area contributed by atoms with E-state index in [4.69, 9.17) is 43.9 Å². The highest BCUT2D eigenvalue weighted by Crippen LogP contribution is 2.49. The second-order valence-electron chi connectivity index (χ2n) is 7.77. The summed E-state index contributed by atoms with van der Waals surface area (Å²) in [6.07, 6.45) is -4.59. The number of phenolic OH excluding ortho intramolecular Hbond substituents is 1. The Balaban J connectivity index is 0.000000451. The molecule has 2 unspecified atom stereocenters. The number of hydrogen-bond donors (Lipinski definition) is 5. The minimum absolute atomic E-state index is 0.0236. The molecule has 13 heteroatoms. The molecule has 3 rings (SSSR count). The Morgan fingerprint density at radius 3 is 2.06 bits per heavy atom. The van der Waals surface area contributed by atoms with Crippen LogP contribution in [0.15, 0.2) is 12.1 Å². The molecule has 4 atom stereocenters. The van der Waals surface area contributed by atoms with Crippen LogP contribution in [-0.2, 0) is 9.59 Å². The molecule has 1 aromatic rings. The lowest BCUT2D eigenvalue weighted by Gasteiger charge is -2.41. The van der Waals surface area contributed by atoms with E-state index in [1.54, 1.807) is 11.0 Å². The Morgan fingerprint density at radius 1 is 1.16 bits per heavy atom. The lowest BCUT2D eigenvalue weighted by Crippen LogP contribution is -2.51. The molecule has 0 radical (unpaired) electrons. The molecule has 0 aromatic heterocycles. The lowest BCUT2D eigenvalue weighted by molar-refractivity contribution is -0.192. The van der Waals surface area contributed by atoms with Crippen LogP contribution in [0.5, 0.6) is 5.75 Å². The summed E-state index contributed by atoms with van der Waals surface area (Å²) in [6.45, 7) is 0.407. The molecule has 1 heterocycles. The molecule has 8 nitrogen and oxygen atoms in total. The number of carboxylic acids is 1. The third kappa shape index (κ3) is 5.96. The van der Waals surface area contributed by atoms with Crippen LogP contribution in [0.4, 0.5) is 13.2 Å². The number of aliphatic carboxylic acids is 1. The van der Waals surface area contributed by atoms with E-state index in [1.807, 2.05) is 0 Å². The number of aliphatic hydroxyl groups is 2. The number of carboxylic acid groups (broad SMARTS) is 1. The molecule has 1 aromatic carbocycles. The minimum atomic E-state index is -5.08. The number of aliphatic hydroxyl groups excluding tert-OH is 2. The number of carbonyl (C=O) groups excluding carboxylic acids is 1. The Labute approximate surface area is 191 Å². The average Bonchev–Trinajstić information content (AvgIpc) is 2.98. The molecule has 2 fully saturated rings. The van der Waals surface area contributed by atoms with E-state index in [-0.39, 0.29) is 28.5 Å². The van der Waals surface area contributed by atoms with Gasteiger partial charge in [0.1, 0.15) is 5.75 Å². The maximum atomic E-state index is 12.1. The van der Waals surface area contributed by atoms with E-state index >= 15 is 0 Å². The number of phenols is 1. The van der Waals surface area contributed by atoms with Crippen molar-refractivity contribution in [3.05, 3.63) is 27.7 Å². The van der Waals surface area contributed by atoms with E-state index in [0.717, 1.165) is 12.8 Å². The van der Waals surface area contributed by atoms with Crippen molar-refractivity contribution in [2.45, 2.75) is 31.2 Å². The molecule has 0 spiro atoms. The van der Waals surface area contributed by atoms with E-state index in [0.29, 0.717) is 23.7 Å². The summed E-state index contributed by atoms with van der Waals surface area (Å²) >= 11 is 12.0. The quantitative estimate of drug-likeness (QED) is 0.424. The molecule has 1 aliphatic heterocycles. The van der Waals surface area contributed by atoms with Gasteiger partial charge in [0.15, 0.2) is 6.10 Å². The normalized spacial score (nSPS) is 24.4. The van der Waals surface area contributed by atoms with Crippen molar-refractivity contribution >= 4 is 35.1 Å². The number of carbonyl (C=O) groups is 2. The van der Waals surface area contributed by atoms with Gasteiger partial charge in [-0.2, -0.15) is 13.2 Å². The van der Waals surface area contributed by atoms with E-state index in [9.17, 15) is 28.2 Å². The van der Waals surface area contributed by atoms with Crippen molar-refractivity contribution in [3.63, 3.8) is 0 Å². The summed E-state index contributed by atoms with van der Waals surface area (Å²) in [6, 6.07) is 2.60. The third-order valence-corrected chi connectivity index (χ3v) is 6.48. The van der Waals surface area contributed by atoms with Gasteiger partial charge in [0.2, 0.25) is 0 Å². The summed E-state index contributed by atoms with van der Waals surface area (Å²) in [5.41, 5.74) is 7.02. The number of nitrogens with two attached hydrogens (primary N) is 1. The predicted molar refractivity (Wildman–Crippen MR) is 108 cm³/mol. The zero-order valence-electron chi connectivity index (χ0n) is 16.6. The number of nitrogens with zero attached hydrogens (tertiary/aromatic N) is 1. The summed E-state index contributed by atoms with van der Waals surface area (Å²) in [5, 5.41) is 36.5. The van der Waals surface area contributed by atoms with Gasteiger partial charge >= 0.3 is 12.1 Å². The van der Waals surface area contributed by atoms with Crippen LogP contribution in [-0.4, -0.2) is 69.2 Å². The molecule has 180 valence electrons. The summed E-state index contributed by atoms with van der Waals surface area (Å²) in [5.74, 6) is -2.71. The molecule has 6 N–H and O–H groups in total. The van der Waals surface area contributed by atoms with Crippen LogP contribution in [0.1, 0.15) is 24.4 Å². The van der Waals surface area contributed by atoms with Gasteiger partial charge in [-0.1, -0.05) is 23.2 Å². The fraction of sp³-hybridized carbons (Fsp3) is 0.579. The highest BCUT2D eigenvalue weighted by Gasteiger charge is 2.47. The molecule has 32 heavy (non-hydrogen) atoms. The smallest absolute Gasteiger partial charge is 0.490 e. The maximum absolute atomic E-state index is 12.1. The van der Waals surface area contributed by atoms with Crippen LogP contribution >= 0.6 is 23.2 Å². The van der Waals surface area contributed by atoms with Crippen molar-refractivity contribution < 1.29 is 43.2 Å². The van der Waals surface area contributed by atoms with Crippen molar-refractivity contribution in [2.75, 3.05) is 19.7 Å². The molecule has 2 bridgehead atoms. The van der Waals surface area contributed by atoms with Crippen LogP contribution in [0.2, 0.25) is 10.0 Å². The zero-order chi connectivity index (χ0) is 24.4. The first-order valence-electron chi connectivity index (χ1n) is 9.59. The number of likely N-dealkylation sites (tertiary alicyclic amines) is 1. The van der Waals surface area contributed by atoms with Gasteiger partial charge < -0.3 is 31.1 Å². The zero-order valence-corrected chi connectivity index (χ0v) is 18.1. The lowest BCUT2D eigenvalue weighted by atomic mass is 9.77. The topological polar surface area (TPSA) is 144 Å². The standard InChI is InChI=1S/C17H22Cl2N2O4.C2HF3O2/c18-11-3-10(13(23)4-12(11)19)16(20)15-8-1-2-9(15)6-21(5-8)17(25)14(24)7-22;3-2(4,5)1(6)7/h3-4,8-9,14-16,22-24H,1-2,5-7,20H2;(H,6,7)/t8?,9?,14-,15?,16-;/m1./s1. The van der Waals surface area contributed by atoms with Crippen molar-refractivity contribution in [1.82, 2.24) is 4.90 Å². The molecule has 1 amide bonds. The number of hydrogen-bond acceptors (Lipinski definition) is 6. The number of amides is 1. The first-order valence-corrected chi connectivity index (χ1v) is 10.3. The van der Waals surface area contributed by atoms with Crippen LogP contribution in [0.25, 0.3) is 0 Å². The third-order valence-electron chi connectivity index (χ3n) is 5.76. The van der Waals surface area contributed by atoms with Crippen LogP contribution < -0.4 is 5.73 Å². The van der Waals surface area contributed by atoms with E-state index in [2.05, 4.69) is 0 Å². The van der Waals surface area contributed by atoms with Crippen molar-refractivity contribution in [1.29, 1.82) is 0 Å². The highest BCUT2D eigenvalue weighted by atomic mass is 35.5. The van der Waals surface area contributed by atoms with Gasteiger partial charge in [-0.25, -0.2) is 4.79 Å². The fourth-order valence-corrected chi connectivity index (χ4v) is 4.68. The number of aromatic hydroxyl groups is 1. The van der Waals surface area contributed by atoms with Crippen LogP contribution in [0.3, 0.4) is 0 Å². The Hall–Kier alpha value is -1.79. The summed E-state index contributed by atoms with van der Waals surface area (Å²) < 4.78 is 31.7. The number of alkyl halides is 3. The Kier molecular flexibility index (Phi) is 8.62. The second-order valence-corrected chi connectivity index (χ2v) is 8.58. The number of rotatable bonds is 4. The SMILES string of the molecule is N[C@H](c1cc(Cl)c(Cl)cc1O)C1C2CCC1CN(C(=O)[C@H](O)CO)C2.O=C(O)C(F)(F)F. The van der Waals surface area contributed by atoms with E-state index < -0.39 is 36.8 Å². The Bertz CT molecular complexity index is 843. The maximum Gasteiger partial charge on any atom is 0.490 e. The Morgan fingerprint density at radius 2 is 1.62 bits per heavy atom. The van der Waals surface area contributed by atoms with Gasteiger partial charge in [0.25, 0.3) is 5.91 Å². The molecule has 1 saturated carbocycles. The molecule has 1 aliphatic carbocycles. The minimum Gasteiger partial charge on any atom is -0.508 e. The van der Waals surface area contributed by atoms with Gasteiger partial charge in [0, 0.05) is 30.8 Å².